The molecule has 1 N–H and O–H groups in total. The van der Waals surface area contributed by atoms with Crippen molar-refractivity contribution in [1.82, 2.24) is 9.78 Å². The molecule has 1 aromatic carbocycles. The van der Waals surface area contributed by atoms with Gasteiger partial charge in [-0.25, -0.2) is 4.79 Å². The van der Waals surface area contributed by atoms with Crippen LogP contribution in [0.5, 0.6) is 5.75 Å². The van der Waals surface area contributed by atoms with Gasteiger partial charge in [-0.2, -0.15) is 13.9 Å². The molecule has 2 aromatic rings. The number of aromatic nitrogens is 2. The van der Waals surface area contributed by atoms with Crippen molar-refractivity contribution in [1.29, 1.82) is 0 Å². The van der Waals surface area contributed by atoms with Crippen LogP contribution >= 0.6 is 0 Å². The number of ether oxygens (including phenoxy) is 1. The lowest BCUT2D eigenvalue weighted by atomic mass is 10.1. The zero-order valence-corrected chi connectivity index (χ0v) is 9.88. The maximum Gasteiger partial charge on any atom is 0.387 e. The van der Waals surface area contributed by atoms with Crippen molar-refractivity contribution in [2.24, 2.45) is 7.05 Å². The molecule has 5 nitrogen and oxygen atoms in total. The Balaban J connectivity index is 2.37. The van der Waals surface area contributed by atoms with Crippen molar-refractivity contribution in [3.8, 4) is 17.0 Å². The Morgan fingerprint density at radius 1 is 1.37 bits per heavy atom. The molecule has 0 fully saturated rings. The molecule has 0 spiro atoms. The van der Waals surface area contributed by atoms with Crippen LogP contribution in [0.4, 0.5) is 8.78 Å². The summed E-state index contributed by atoms with van der Waals surface area (Å²) in [4.78, 5) is 11.0. The van der Waals surface area contributed by atoms with E-state index in [0.29, 0.717) is 11.3 Å². The Morgan fingerprint density at radius 2 is 2.00 bits per heavy atom. The summed E-state index contributed by atoms with van der Waals surface area (Å²) in [6, 6.07) is 5.70. The first-order chi connectivity index (χ1) is 8.99. The molecule has 0 amide bonds. The Kier molecular flexibility index (Phi) is 3.46. The second-order valence-corrected chi connectivity index (χ2v) is 3.74. The number of rotatable bonds is 4. The van der Waals surface area contributed by atoms with Gasteiger partial charge in [-0.3, -0.25) is 4.68 Å². The third-order valence-electron chi connectivity index (χ3n) is 2.52. The number of hydrogen-bond acceptors (Lipinski definition) is 3. The van der Waals surface area contributed by atoms with Crippen molar-refractivity contribution in [2.75, 3.05) is 0 Å². The molecule has 0 saturated carbocycles. The number of halogens is 2. The molecule has 0 unspecified atom stereocenters. The molecule has 0 aliphatic heterocycles. The fourth-order valence-corrected chi connectivity index (χ4v) is 1.73. The van der Waals surface area contributed by atoms with Gasteiger partial charge in [-0.15, -0.1) is 0 Å². The molecule has 0 radical (unpaired) electrons. The third-order valence-corrected chi connectivity index (χ3v) is 2.52. The molecule has 0 aliphatic carbocycles. The molecule has 7 heteroatoms. The van der Waals surface area contributed by atoms with Gasteiger partial charge in [-0.1, -0.05) is 0 Å². The number of alkyl halides is 2. The normalized spacial score (nSPS) is 10.7. The average molecular weight is 268 g/mol. The molecule has 0 saturated heterocycles. The predicted molar refractivity (Wildman–Crippen MR) is 62.2 cm³/mol. The molecule has 1 heterocycles. The lowest BCUT2D eigenvalue weighted by molar-refractivity contribution is -0.0498. The molecule has 0 bridgehead atoms. The maximum absolute atomic E-state index is 12.0. The van der Waals surface area contributed by atoms with Gasteiger partial charge >= 0.3 is 12.6 Å². The van der Waals surface area contributed by atoms with E-state index in [9.17, 15) is 13.6 Å². The lowest BCUT2D eigenvalue weighted by Gasteiger charge is -2.07. The second kappa shape index (κ2) is 5.05. The summed E-state index contributed by atoms with van der Waals surface area (Å²) in [5.74, 6) is -1.09. The molecule has 2 rings (SSSR count). The monoisotopic (exact) mass is 268 g/mol. The van der Waals surface area contributed by atoms with E-state index in [1.165, 1.54) is 35.1 Å². The highest BCUT2D eigenvalue weighted by molar-refractivity contribution is 5.94. The van der Waals surface area contributed by atoms with E-state index in [2.05, 4.69) is 9.84 Å². The van der Waals surface area contributed by atoms with E-state index in [4.69, 9.17) is 5.11 Å². The van der Waals surface area contributed by atoms with Crippen LogP contribution in [0.2, 0.25) is 0 Å². The molecule has 100 valence electrons. The summed E-state index contributed by atoms with van der Waals surface area (Å²) in [5.41, 5.74) is 1.00. The van der Waals surface area contributed by atoms with Gasteiger partial charge in [0, 0.05) is 12.6 Å². The summed E-state index contributed by atoms with van der Waals surface area (Å²) in [5, 5.41) is 12.9. The van der Waals surface area contributed by atoms with Gasteiger partial charge in [0.15, 0.2) is 0 Å². The topological polar surface area (TPSA) is 64.4 Å². The van der Waals surface area contributed by atoms with Crippen molar-refractivity contribution < 1.29 is 23.4 Å². The van der Waals surface area contributed by atoms with Gasteiger partial charge < -0.3 is 9.84 Å². The summed E-state index contributed by atoms with van der Waals surface area (Å²) >= 11 is 0. The highest BCUT2D eigenvalue weighted by Gasteiger charge is 2.16. The van der Waals surface area contributed by atoms with Crippen LogP contribution in [-0.2, 0) is 7.05 Å². The van der Waals surface area contributed by atoms with E-state index in [1.54, 1.807) is 7.05 Å². The first-order valence-corrected chi connectivity index (χ1v) is 5.29. The van der Waals surface area contributed by atoms with Gasteiger partial charge in [0.05, 0.1) is 11.9 Å². The number of nitrogens with zero attached hydrogens (tertiary/aromatic N) is 2. The average Bonchev–Trinajstić information content (AvgIpc) is 2.71. The van der Waals surface area contributed by atoms with Crippen LogP contribution in [-0.4, -0.2) is 27.5 Å². The van der Waals surface area contributed by atoms with E-state index in [0.717, 1.165) is 0 Å². The van der Waals surface area contributed by atoms with Gasteiger partial charge in [-0.05, 0) is 24.3 Å². The fourth-order valence-electron chi connectivity index (χ4n) is 1.73. The van der Waals surface area contributed by atoms with E-state index >= 15 is 0 Å². The van der Waals surface area contributed by atoms with Crippen molar-refractivity contribution in [3.63, 3.8) is 0 Å². The highest BCUT2D eigenvalue weighted by atomic mass is 19.3. The standard InChI is InChI=1S/C12H10F2N2O3/c1-16-10(9(6-15-16)11(17)18)7-2-4-8(5-3-7)19-12(13)14/h2-6,12H,1H3,(H,17,18). The number of hydrogen-bond donors (Lipinski definition) is 1. The Bertz CT molecular complexity index is 594. The number of carbonyl (C=O) groups is 1. The van der Waals surface area contributed by atoms with E-state index < -0.39 is 12.6 Å². The van der Waals surface area contributed by atoms with Crippen LogP contribution in [0.1, 0.15) is 10.4 Å². The molecule has 1 aromatic heterocycles. The predicted octanol–water partition coefficient (Wildman–Crippen LogP) is 2.39. The lowest BCUT2D eigenvalue weighted by Crippen LogP contribution is -2.02. The molecule has 0 atom stereocenters. The summed E-state index contributed by atoms with van der Waals surface area (Å²) < 4.78 is 29.7. The minimum absolute atomic E-state index is 0.0118. The Morgan fingerprint density at radius 3 is 2.53 bits per heavy atom. The number of carboxylic acid groups (broad SMARTS) is 1. The first-order valence-electron chi connectivity index (χ1n) is 5.29. The SMILES string of the molecule is Cn1ncc(C(=O)O)c1-c1ccc(OC(F)F)cc1. The van der Waals surface area contributed by atoms with Crippen LogP contribution in [0, 0.1) is 0 Å². The van der Waals surface area contributed by atoms with Gasteiger partial charge in [0.2, 0.25) is 0 Å². The maximum atomic E-state index is 12.0. The van der Waals surface area contributed by atoms with E-state index in [1.807, 2.05) is 0 Å². The van der Waals surface area contributed by atoms with Crippen molar-refractivity contribution in [2.45, 2.75) is 6.61 Å². The van der Waals surface area contributed by atoms with Crippen LogP contribution in [0.3, 0.4) is 0 Å². The first kappa shape index (κ1) is 13.0. The number of aryl methyl sites for hydroxylation is 1. The Labute approximate surface area is 107 Å². The number of carboxylic acids is 1. The second-order valence-electron chi connectivity index (χ2n) is 3.74. The third kappa shape index (κ3) is 2.70. The van der Waals surface area contributed by atoms with Crippen LogP contribution < -0.4 is 4.74 Å². The Hall–Kier alpha value is -2.44. The van der Waals surface area contributed by atoms with Crippen molar-refractivity contribution >= 4 is 5.97 Å². The molecular weight excluding hydrogens is 258 g/mol. The molecule has 0 aliphatic rings. The minimum atomic E-state index is -2.89. The quantitative estimate of drug-likeness (QED) is 0.924. The van der Waals surface area contributed by atoms with Gasteiger partial charge in [0.1, 0.15) is 11.3 Å². The van der Waals surface area contributed by atoms with E-state index in [-0.39, 0.29) is 11.3 Å². The van der Waals surface area contributed by atoms with Crippen LogP contribution in [0.25, 0.3) is 11.3 Å². The zero-order valence-electron chi connectivity index (χ0n) is 9.88. The van der Waals surface area contributed by atoms with Crippen LogP contribution in [0.15, 0.2) is 30.5 Å². The summed E-state index contributed by atoms with van der Waals surface area (Å²) in [7, 11) is 1.60. The molecular formula is C12H10F2N2O3. The summed E-state index contributed by atoms with van der Waals surface area (Å²) in [6.45, 7) is -2.89. The van der Waals surface area contributed by atoms with Crippen molar-refractivity contribution in [3.05, 3.63) is 36.0 Å². The van der Waals surface area contributed by atoms with Gasteiger partial charge in [0.25, 0.3) is 0 Å². The largest absolute Gasteiger partial charge is 0.478 e. The smallest absolute Gasteiger partial charge is 0.387 e. The minimum Gasteiger partial charge on any atom is -0.478 e. The zero-order chi connectivity index (χ0) is 14.0. The molecule has 19 heavy (non-hydrogen) atoms. The highest BCUT2D eigenvalue weighted by Crippen LogP contribution is 2.25. The number of aromatic carboxylic acids is 1. The number of benzene rings is 1. The fraction of sp³-hybridized carbons (Fsp3) is 0.167. The summed E-state index contributed by atoms with van der Waals surface area (Å²) in [6.07, 6.45) is 1.24.